The van der Waals surface area contributed by atoms with E-state index in [4.69, 9.17) is 11.5 Å². The number of hydrogen-bond donors (Lipinski definition) is 2. The maximum Gasteiger partial charge on any atom is 0.0326 e. The lowest BCUT2D eigenvalue weighted by Gasteiger charge is -1.92. The molecule has 0 saturated heterocycles. The molecule has 3 aromatic rings. The van der Waals surface area contributed by atoms with Crippen molar-refractivity contribution in [1.29, 1.82) is 0 Å². The lowest BCUT2D eigenvalue weighted by atomic mass is 10.2. The van der Waals surface area contributed by atoms with Crippen LogP contribution in [0.25, 0.3) is 0 Å². The summed E-state index contributed by atoms with van der Waals surface area (Å²) in [4.78, 5) is 0. The largest absolute Gasteiger partial charge is 0.399 e. The molecular formula is C20H17IN2. The van der Waals surface area contributed by atoms with Gasteiger partial charge in [-0.1, -0.05) is 42.2 Å². The SMILES string of the molecule is Nc1cccc(C#Cc2ccccc2)c1.Nc1cccc(I)c1. The summed E-state index contributed by atoms with van der Waals surface area (Å²) < 4.78 is 1.18. The summed E-state index contributed by atoms with van der Waals surface area (Å²) in [6, 6.07) is 25.2. The molecule has 0 aliphatic rings. The molecule has 0 atom stereocenters. The Morgan fingerprint density at radius 3 is 1.74 bits per heavy atom. The first-order valence-electron chi connectivity index (χ1n) is 7.07. The molecular weight excluding hydrogens is 395 g/mol. The highest BCUT2D eigenvalue weighted by Gasteiger charge is 1.87. The summed E-state index contributed by atoms with van der Waals surface area (Å²) in [5.74, 6) is 6.15. The first kappa shape index (κ1) is 16.9. The van der Waals surface area contributed by atoms with E-state index in [0.717, 1.165) is 22.5 Å². The third kappa shape index (κ3) is 6.45. The van der Waals surface area contributed by atoms with Crippen LogP contribution in [0.3, 0.4) is 0 Å². The molecule has 0 saturated carbocycles. The molecule has 3 heteroatoms. The van der Waals surface area contributed by atoms with E-state index in [9.17, 15) is 0 Å². The zero-order valence-corrected chi connectivity index (χ0v) is 14.7. The van der Waals surface area contributed by atoms with E-state index in [1.165, 1.54) is 3.57 Å². The molecule has 0 fully saturated rings. The predicted molar refractivity (Wildman–Crippen MR) is 107 cm³/mol. The average Bonchev–Trinajstić information content (AvgIpc) is 2.54. The number of rotatable bonds is 0. The fraction of sp³-hybridized carbons (Fsp3) is 0. The van der Waals surface area contributed by atoms with Crippen molar-refractivity contribution in [2.45, 2.75) is 0 Å². The highest BCUT2D eigenvalue weighted by molar-refractivity contribution is 14.1. The van der Waals surface area contributed by atoms with E-state index >= 15 is 0 Å². The number of halogens is 1. The van der Waals surface area contributed by atoms with Crippen LogP contribution in [0.2, 0.25) is 0 Å². The smallest absolute Gasteiger partial charge is 0.0326 e. The Balaban J connectivity index is 0.000000203. The zero-order valence-electron chi connectivity index (χ0n) is 12.5. The second-order valence-electron chi connectivity index (χ2n) is 4.80. The average molecular weight is 412 g/mol. The van der Waals surface area contributed by atoms with Gasteiger partial charge in [-0.25, -0.2) is 0 Å². The molecule has 0 amide bonds. The van der Waals surface area contributed by atoms with Crippen molar-refractivity contribution in [3.63, 3.8) is 0 Å². The minimum Gasteiger partial charge on any atom is -0.399 e. The van der Waals surface area contributed by atoms with Crippen molar-refractivity contribution < 1.29 is 0 Å². The van der Waals surface area contributed by atoms with Crippen LogP contribution in [0.4, 0.5) is 11.4 Å². The van der Waals surface area contributed by atoms with Crippen LogP contribution in [0.15, 0.2) is 78.9 Å². The summed E-state index contributed by atoms with van der Waals surface area (Å²) in [5, 5.41) is 0. The minimum atomic E-state index is 0.745. The molecule has 0 aromatic heterocycles. The Morgan fingerprint density at radius 2 is 1.17 bits per heavy atom. The molecule has 0 aliphatic carbocycles. The fourth-order valence-electron chi connectivity index (χ4n) is 1.79. The van der Waals surface area contributed by atoms with Crippen molar-refractivity contribution in [3.8, 4) is 11.8 Å². The van der Waals surface area contributed by atoms with Crippen LogP contribution in [-0.2, 0) is 0 Å². The van der Waals surface area contributed by atoms with E-state index in [-0.39, 0.29) is 0 Å². The first-order valence-corrected chi connectivity index (χ1v) is 8.15. The molecule has 0 aliphatic heterocycles. The van der Waals surface area contributed by atoms with Gasteiger partial charge in [0.25, 0.3) is 0 Å². The zero-order chi connectivity index (χ0) is 16.5. The summed E-state index contributed by atoms with van der Waals surface area (Å²) in [6.45, 7) is 0. The molecule has 23 heavy (non-hydrogen) atoms. The van der Waals surface area contributed by atoms with E-state index < -0.39 is 0 Å². The van der Waals surface area contributed by atoms with Gasteiger partial charge in [0.1, 0.15) is 0 Å². The molecule has 0 unspecified atom stereocenters. The van der Waals surface area contributed by atoms with Crippen LogP contribution in [-0.4, -0.2) is 0 Å². The standard InChI is InChI=1S/C14H11N.C6H6IN/c15-14-8-4-7-13(11-14)10-9-12-5-2-1-3-6-12;7-5-2-1-3-6(8)4-5/h1-8,11H,15H2;1-4H,8H2. The number of hydrogen-bond acceptors (Lipinski definition) is 2. The molecule has 0 radical (unpaired) electrons. The quantitative estimate of drug-likeness (QED) is 0.324. The second-order valence-corrected chi connectivity index (χ2v) is 6.04. The fourth-order valence-corrected chi connectivity index (χ4v) is 2.36. The van der Waals surface area contributed by atoms with Crippen LogP contribution < -0.4 is 11.5 Å². The Labute approximate surface area is 150 Å². The first-order chi connectivity index (χ1) is 11.1. The van der Waals surface area contributed by atoms with Gasteiger partial charge in [-0.05, 0) is 71.1 Å². The van der Waals surface area contributed by atoms with E-state index in [1.807, 2.05) is 78.9 Å². The Kier molecular flexibility index (Phi) is 6.52. The van der Waals surface area contributed by atoms with Crippen LogP contribution >= 0.6 is 22.6 Å². The Morgan fingerprint density at radius 1 is 0.609 bits per heavy atom. The molecule has 0 spiro atoms. The topological polar surface area (TPSA) is 52.0 Å². The molecule has 0 heterocycles. The van der Waals surface area contributed by atoms with E-state index in [1.54, 1.807) is 0 Å². The van der Waals surface area contributed by atoms with Crippen molar-refractivity contribution in [2.24, 2.45) is 0 Å². The predicted octanol–water partition coefficient (Wildman–Crippen LogP) is 4.54. The molecule has 3 aromatic carbocycles. The van der Waals surface area contributed by atoms with Crippen molar-refractivity contribution in [2.75, 3.05) is 11.5 Å². The Bertz CT molecular complexity index is 800. The van der Waals surface area contributed by atoms with Gasteiger partial charge in [-0.15, -0.1) is 0 Å². The summed E-state index contributed by atoms with van der Waals surface area (Å²) in [6.07, 6.45) is 0. The van der Waals surface area contributed by atoms with Gasteiger partial charge in [-0.2, -0.15) is 0 Å². The number of nitrogen functional groups attached to an aromatic ring is 2. The summed E-state index contributed by atoms with van der Waals surface area (Å²) in [7, 11) is 0. The van der Waals surface area contributed by atoms with E-state index in [0.29, 0.717) is 0 Å². The van der Waals surface area contributed by atoms with Gasteiger partial charge >= 0.3 is 0 Å². The van der Waals surface area contributed by atoms with Gasteiger partial charge in [0, 0.05) is 26.1 Å². The van der Waals surface area contributed by atoms with Gasteiger partial charge in [-0.3, -0.25) is 0 Å². The van der Waals surface area contributed by atoms with Gasteiger partial charge in [0.05, 0.1) is 0 Å². The molecule has 4 N–H and O–H groups in total. The van der Waals surface area contributed by atoms with Gasteiger partial charge in [0.2, 0.25) is 0 Å². The summed E-state index contributed by atoms with van der Waals surface area (Å²) in [5.41, 5.74) is 14.6. The third-order valence-electron chi connectivity index (χ3n) is 2.86. The highest BCUT2D eigenvalue weighted by atomic mass is 127. The normalized spacial score (nSPS) is 9.09. The van der Waals surface area contributed by atoms with Gasteiger partial charge < -0.3 is 11.5 Å². The number of benzene rings is 3. The van der Waals surface area contributed by atoms with E-state index in [2.05, 4.69) is 34.4 Å². The van der Waals surface area contributed by atoms with Crippen molar-refractivity contribution in [3.05, 3.63) is 93.6 Å². The molecule has 3 rings (SSSR count). The monoisotopic (exact) mass is 412 g/mol. The van der Waals surface area contributed by atoms with Crippen LogP contribution in [0, 0.1) is 15.4 Å². The lowest BCUT2D eigenvalue weighted by molar-refractivity contribution is 1.62. The number of nitrogens with two attached hydrogens (primary N) is 2. The maximum atomic E-state index is 5.66. The maximum absolute atomic E-state index is 5.66. The van der Waals surface area contributed by atoms with Crippen LogP contribution in [0.1, 0.15) is 11.1 Å². The molecule has 0 bridgehead atoms. The minimum absolute atomic E-state index is 0.745. The third-order valence-corrected chi connectivity index (χ3v) is 3.53. The Hall–Kier alpha value is -2.45. The van der Waals surface area contributed by atoms with Crippen molar-refractivity contribution >= 4 is 34.0 Å². The van der Waals surface area contributed by atoms with Gasteiger partial charge in [0.15, 0.2) is 0 Å². The molecule has 2 nitrogen and oxygen atoms in total. The highest BCUT2D eigenvalue weighted by Crippen LogP contribution is 2.07. The second kappa shape index (κ2) is 8.86. The molecule has 114 valence electrons. The number of anilines is 2. The summed E-state index contributed by atoms with van der Waals surface area (Å²) >= 11 is 2.23. The van der Waals surface area contributed by atoms with Crippen molar-refractivity contribution in [1.82, 2.24) is 0 Å². The lowest BCUT2D eigenvalue weighted by Crippen LogP contribution is -1.84. The van der Waals surface area contributed by atoms with Crippen LogP contribution in [0.5, 0.6) is 0 Å².